The van der Waals surface area contributed by atoms with E-state index in [9.17, 15) is 24.0 Å². The molecule has 0 spiro atoms. The van der Waals surface area contributed by atoms with Gasteiger partial charge in [-0.1, -0.05) is 60.3 Å². The van der Waals surface area contributed by atoms with Crippen LogP contribution < -0.4 is 21.7 Å². The number of amides is 5. The average molecular weight is 660 g/mol. The minimum Gasteiger partial charge on any atom is -0.363 e. The molecule has 5 N–H and O–H groups in total. The summed E-state index contributed by atoms with van der Waals surface area (Å²) in [6, 6.07) is -1.92. The van der Waals surface area contributed by atoms with Gasteiger partial charge >= 0.3 is 6.03 Å². The number of rotatable bonds is 13. The summed E-state index contributed by atoms with van der Waals surface area (Å²) in [6.45, 7) is 16.6. The number of ketones is 1. The SMILES string of the molecule is C[C@H]1CN(C[C@@H](NC(=O)NCC(=O)N2CC(C(C)(C)C3CCC3)C[C@H]2C(=O)NC(CC2CCC2)C(=O)C(N)=O)C(C)(C)C)CCN1C. The fourth-order valence-corrected chi connectivity index (χ4v) is 7.67. The number of hydrogen-bond acceptors (Lipinski definition) is 7. The van der Waals surface area contributed by atoms with Gasteiger partial charge in [-0.3, -0.25) is 24.1 Å². The second-order valence-electron chi connectivity index (χ2n) is 16.6. The highest BCUT2D eigenvalue weighted by atomic mass is 16.2. The number of hydrogen-bond donors (Lipinski definition) is 4. The average Bonchev–Trinajstić information content (AvgIpc) is 3.39. The third-order valence-corrected chi connectivity index (χ3v) is 12.0. The molecule has 0 radical (unpaired) electrons. The zero-order chi connectivity index (χ0) is 34.7. The van der Waals surface area contributed by atoms with Crippen molar-refractivity contribution >= 4 is 29.5 Å². The monoisotopic (exact) mass is 659 g/mol. The maximum Gasteiger partial charge on any atom is 0.315 e. The summed E-state index contributed by atoms with van der Waals surface area (Å²) in [5.74, 6) is -1.79. The number of likely N-dealkylation sites (tertiary alicyclic amines) is 1. The lowest BCUT2D eigenvalue weighted by molar-refractivity contribution is -0.141. The van der Waals surface area contributed by atoms with E-state index in [4.69, 9.17) is 5.73 Å². The zero-order valence-corrected chi connectivity index (χ0v) is 29.9. The van der Waals surface area contributed by atoms with E-state index < -0.39 is 35.7 Å². The fourth-order valence-electron chi connectivity index (χ4n) is 7.67. The van der Waals surface area contributed by atoms with E-state index in [0.717, 1.165) is 51.7 Å². The van der Waals surface area contributed by atoms with Gasteiger partial charge < -0.3 is 31.5 Å². The van der Waals surface area contributed by atoms with Gasteiger partial charge in [0.2, 0.25) is 17.6 Å². The summed E-state index contributed by atoms with van der Waals surface area (Å²) in [5, 5.41) is 8.70. The predicted octanol–water partition coefficient (Wildman–Crippen LogP) is 2.11. The number of primary amides is 1. The number of likely N-dealkylation sites (N-methyl/N-ethyl adjacent to an activating group) is 1. The van der Waals surface area contributed by atoms with Crippen molar-refractivity contribution in [1.29, 1.82) is 0 Å². The van der Waals surface area contributed by atoms with Crippen LogP contribution >= 0.6 is 0 Å². The van der Waals surface area contributed by atoms with E-state index in [-0.39, 0.29) is 41.2 Å². The van der Waals surface area contributed by atoms with Crippen molar-refractivity contribution in [3.63, 3.8) is 0 Å². The molecule has 266 valence electrons. The highest BCUT2D eigenvalue weighted by Gasteiger charge is 2.49. The number of Topliss-reactive ketones (excluding diaryl/α,β-unsaturated/α-hetero) is 1. The zero-order valence-electron chi connectivity index (χ0n) is 29.9. The van der Waals surface area contributed by atoms with Crippen LogP contribution in [0.3, 0.4) is 0 Å². The standard InChI is InChI=1S/C35H61N7O5/c1-22-19-41(15-14-40(22)7)21-28(34(2,3)4)39-33(47)37-18-29(43)42-20-25(35(5,6)24-12-9-13-24)17-27(42)32(46)38-26(30(44)31(36)45)16-23-10-8-11-23/h22-28H,8-21H2,1-7H3,(H2,36,45)(H,38,46)(H2,37,39,47)/t22-,25?,26?,27-,28+/m0/s1. The Morgan fingerprint density at radius 3 is 2.09 bits per heavy atom. The second-order valence-corrected chi connectivity index (χ2v) is 16.6. The van der Waals surface area contributed by atoms with Crippen LogP contribution in [0, 0.1) is 28.6 Å². The van der Waals surface area contributed by atoms with Gasteiger partial charge in [-0.2, -0.15) is 0 Å². The van der Waals surface area contributed by atoms with Crippen molar-refractivity contribution in [3.8, 4) is 0 Å². The van der Waals surface area contributed by atoms with Gasteiger partial charge in [0.1, 0.15) is 6.04 Å². The van der Waals surface area contributed by atoms with Crippen LogP contribution in [-0.2, 0) is 19.2 Å². The number of carbonyl (C=O) groups is 5. The number of piperazine rings is 1. The summed E-state index contributed by atoms with van der Waals surface area (Å²) in [7, 11) is 2.13. The minimum absolute atomic E-state index is 0.0777. The topological polar surface area (TPSA) is 157 Å². The first kappa shape index (κ1) is 37.1. The van der Waals surface area contributed by atoms with Crippen molar-refractivity contribution in [2.75, 3.05) is 46.3 Å². The number of urea groups is 1. The summed E-state index contributed by atoms with van der Waals surface area (Å²) < 4.78 is 0. The van der Waals surface area contributed by atoms with Gasteiger partial charge in [0, 0.05) is 44.8 Å². The molecule has 12 heteroatoms. The Morgan fingerprint density at radius 2 is 1.55 bits per heavy atom. The Morgan fingerprint density at radius 1 is 0.894 bits per heavy atom. The quantitative estimate of drug-likeness (QED) is 0.221. The number of nitrogens with one attached hydrogen (secondary N) is 3. The lowest BCUT2D eigenvalue weighted by Crippen LogP contribution is -2.58. The first-order valence-corrected chi connectivity index (χ1v) is 17.9. The third kappa shape index (κ3) is 9.25. The van der Waals surface area contributed by atoms with Crippen LogP contribution in [0.4, 0.5) is 4.79 Å². The minimum atomic E-state index is -1.07. The molecule has 4 fully saturated rings. The molecule has 0 aromatic heterocycles. The van der Waals surface area contributed by atoms with E-state index >= 15 is 0 Å². The Bertz CT molecular complexity index is 1160. The van der Waals surface area contributed by atoms with Crippen molar-refractivity contribution in [2.45, 2.75) is 117 Å². The van der Waals surface area contributed by atoms with E-state index in [2.05, 4.69) is 74.3 Å². The number of carbonyl (C=O) groups excluding carboxylic acids is 5. The van der Waals surface area contributed by atoms with Crippen LogP contribution in [0.25, 0.3) is 0 Å². The second kappa shape index (κ2) is 15.2. The number of nitrogens with zero attached hydrogens (tertiary/aromatic N) is 3. The largest absolute Gasteiger partial charge is 0.363 e. The molecule has 2 heterocycles. The molecule has 2 saturated carbocycles. The smallest absolute Gasteiger partial charge is 0.315 e. The van der Waals surface area contributed by atoms with Crippen molar-refractivity contribution in [3.05, 3.63) is 0 Å². The number of nitrogens with two attached hydrogens (primary N) is 1. The van der Waals surface area contributed by atoms with Crippen LogP contribution in [0.15, 0.2) is 0 Å². The van der Waals surface area contributed by atoms with E-state index in [1.54, 1.807) is 4.90 Å². The molecule has 5 amide bonds. The summed E-state index contributed by atoms with van der Waals surface area (Å²) in [6.07, 6.45) is 7.24. The molecule has 2 aliphatic heterocycles. The molecule has 2 aliphatic carbocycles. The van der Waals surface area contributed by atoms with Gasteiger partial charge in [-0.05, 0) is 68.2 Å². The van der Waals surface area contributed by atoms with Crippen molar-refractivity contribution < 1.29 is 24.0 Å². The van der Waals surface area contributed by atoms with Crippen molar-refractivity contribution in [2.24, 2.45) is 34.3 Å². The maximum atomic E-state index is 13.8. The summed E-state index contributed by atoms with van der Waals surface area (Å²) in [4.78, 5) is 71.6. The molecular weight excluding hydrogens is 598 g/mol. The van der Waals surface area contributed by atoms with Gasteiger partial charge in [0.05, 0.1) is 12.6 Å². The Hall–Kier alpha value is -2.73. The highest BCUT2D eigenvalue weighted by molar-refractivity contribution is 6.37. The molecule has 4 rings (SSSR count). The molecule has 47 heavy (non-hydrogen) atoms. The first-order chi connectivity index (χ1) is 22.0. The first-order valence-electron chi connectivity index (χ1n) is 17.9. The molecule has 12 nitrogen and oxygen atoms in total. The van der Waals surface area contributed by atoms with Crippen LogP contribution in [0.5, 0.6) is 0 Å². The molecule has 0 aromatic carbocycles. The highest BCUT2D eigenvalue weighted by Crippen LogP contribution is 2.50. The molecular formula is C35H61N7O5. The fraction of sp³-hybridized carbons (Fsp3) is 0.857. The van der Waals surface area contributed by atoms with Crippen molar-refractivity contribution in [1.82, 2.24) is 30.7 Å². The van der Waals surface area contributed by atoms with Crippen LogP contribution in [-0.4, -0.2) is 115 Å². The van der Waals surface area contributed by atoms with Crippen LogP contribution in [0.1, 0.15) is 92.9 Å². The summed E-state index contributed by atoms with van der Waals surface area (Å²) >= 11 is 0. The Kier molecular flexibility index (Phi) is 12.0. The van der Waals surface area contributed by atoms with Gasteiger partial charge in [0.25, 0.3) is 5.91 Å². The molecule has 2 saturated heterocycles. The van der Waals surface area contributed by atoms with E-state index in [1.807, 2.05) is 0 Å². The van der Waals surface area contributed by atoms with Gasteiger partial charge in [-0.25, -0.2) is 4.79 Å². The van der Waals surface area contributed by atoms with E-state index in [1.165, 1.54) is 6.42 Å². The molecule has 0 bridgehead atoms. The van der Waals surface area contributed by atoms with Crippen LogP contribution in [0.2, 0.25) is 0 Å². The Balaban J connectivity index is 1.42. The molecule has 2 unspecified atom stereocenters. The van der Waals surface area contributed by atoms with E-state index in [0.29, 0.717) is 37.9 Å². The lowest BCUT2D eigenvalue weighted by Gasteiger charge is -2.44. The molecule has 0 aromatic rings. The normalized spacial score (nSPS) is 26.1. The summed E-state index contributed by atoms with van der Waals surface area (Å²) in [5.41, 5.74) is 5.07. The third-order valence-electron chi connectivity index (χ3n) is 12.0. The molecule has 5 atom stereocenters. The Labute approximate surface area is 281 Å². The molecule has 4 aliphatic rings. The van der Waals surface area contributed by atoms with Gasteiger partial charge in [0.15, 0.2) is 0 Å². The predicted molar refractivity (Wildman–Crippen MR) is 181 cm³/mol. The lowest BCUT2D eigenvalue weighted by atomic mass is 9.61. The van der Waals surface area contributed by atoms with Gasteiger partial charge in [-0.15, -0.1) is 0 Å². The maximum absolute atomic E-state index is 13.8.